The molecule has 2 aromatic rings. The molecule has 18 heavy (non-hydrogen) atoms. The zero-order valence-corrected chi connectivity index (χ0v) is 10.5. The van der Waals surface area contributed by atoms with Gasteiger partial charge in [0.25, 0.3) is 0 Å². The van der Waals surface area contributed by atoms with Crippen molar-refractivity contribution in [1.29, 1.82) is 0 Å². The number of methoxy groups -OCH3 is 1. The average Bonchev–Trinajstić information content (AvgIpc) is 2.82. The second kappa shape index (κ2) is 5.59. The number of nitrogens with zero attached hydrogens (tertiary/aromatic N) is 3. The number of hydrogen-bond donors (Lipinski definition) is 1. The number of esters is 1. The lowest BCUT2D eigenvalue weighted by molar-refractivity contribution is -0.143. The Balaban J connectivity index is 2.07. The molecular weight excluding hydrogens is 232 g/mol. The van der Waals surface area contributed by atoms with Crippen LogP contribution in [0.15, 0.2) is 24.4 Å². The van der Waals surface area contributed by atoms with E-state index in [9.17, 15) is 4.79 Å². The molecule has 1 N–H and O–H groups in total. The Labute approximate surface area is 105 Å². The van der Waals surface area contributed by atoms with E-state index in [4.69, 9.17) is 4.74 Å². The van der Waals surface area contributed by atoms with Crippen molar-refractivity contribution < 1.29 is 9.53 Å². The molecule has 1 unspecified atom stereocenters. The van der Waals surface area contributed by atoms with Crippen LogP contribution in [0.5, 0.6) is 0 Å². The smallest absolute Gasteiger partial charge is 0.322 e. The normalized spacial score (nSPS) is 12.6. The molecule has 0 fully saturated rings. The number of carbonyl (C=O) groups excluding carboxylic acids is 1. The van der Waals surface area contributed by atoms with E-state index in [2.05, 4.69) is 15.5 Å². The number of carbonyl (C=O) groups is 1. The monoisotopic (exact) mass is 248 g/mol. The van der Waals surface area contributed by atoms with Crippen LogP contribution < -0.4 is 5.32 Å². The average molecular weight is 248 g/mol. The first-order valence-corrected chi connectivity index (χ1v) is 5.86. The molecule has 2 aromatic heterocycles. The number of rotatable bonds is 5. The molecule has 0 radical (unpaired) electrons. The van der Waals surface area contributed by atoms with Gasteiger partial charge in [-0.1, -0.05) is 13.0 Å². The number of nitrogens with one attached hydrogen (secondary N) is 1. The van der Waals surface area contributed by atoms with Crippen molar-refractivity contribution >= 4 is 11.6 Å². The van der Waals surface area contributed by atoms with Crippen LogP contribution in [-0.2, 0) is 16.1 Å². The lowest BCUT2D eigenvalue weighted by atomic mass is 10.2. The van der Waals surface area contributed by atoms with E-state index in [1.807, 2.05) is 35.7 Å². The van der Waals surface area contributed by atoms with E-state index in [0.717, 1.165) is 11.5 Å². The molecule has 0 bridgehead atoms. The number of ether oxygens (including phenoxy) is 1. The van der Waals surface area contributed by atoms with E-state index in [0.29, 0.717) is 13.0 Å². The number of hydrogen-bond acceptors (Lipinski definition) is 5. The molecule has 0 saturated heterocycles. The first-order chi connectivity index (χ1) is 8.76. The van der Waals surface area contributed by atoms with Gasteiger partial charge < -0.3 is 4.74 Å². The Kier molecular flexibility index (Phi) is 3.88. The molecule has 0 aliphatic rings. The fourth-order valence-corrected chi connectivity index (χ4v) is 1.76. The minimum absolute atomic E-state index is 0.258. The molecule has 0 aliphatic heterocycles. The van der Waals surface area contributed by atoms with Crippen molar-refractivity contribution in [3.05, 3.63) is 30.2 Å². The lowest BCUT2D eigenvalue weighted by Gasteiger charge is -2.13. The third-order valence-electron chi connectivity index (χ3n) is 2.78. The highest BCUT2D eigenvalue weighted by Crippen LogP contribution is 2.03. The molecule has 1 atom stereocenters. The fraction of sp³-hybridized carbons (Fsp3) is 0.417. The van der Waals surface area contributed by atoms with Crippen molar-refractivity contribution in [3.8, 4) is 0 Å². The summed E-state index contributed by atoms with van der Waals surface area (Å²) in [6, 6.07) is 5.39. The zero-order chi connectivity index (χ0) is 13.0. The third kappa shape index (κ3) is 2.48. The van der Waals surface area contributed by atoms with Gasteiger partial charge in [-0.05, 0) is 18.6 Å². The summed E-state index contributed by atoms with van der Waals surface area (Å²) >= 11 is 0. The largest absolute Gasteiger partial charge is 0.468 e. The van der Waals surface area contributed by atoms with E-state index in [1.54, 1.807) is 0 Å². The minimum Gasteiger partial charge on any atom is -0.468 e. The van der Waals surface area contributed by atoms with Crippen LogP contribution in [0.2, 0.25) is 0 Å². The van der Waals surface area contributed by atoms with Crippen molar-refractivity contribution in [1.82, 2.24) is 19.9 Å². The van der Waals surface area contributed by atoms with Crippen molar-refractivity contribution in [3.63, 3.8) is 0 Å². The molecule has 2 rings (SSSR count). The molecule has 6 nitrogen and oxygen atoms in total. The predicted octanol–water partition coefficient (Wildman–Crippen LogP) is 0.770. The van der Waals surface area contributed by atoms with Crippen LogP contribution in [0.3, 0.4) is 0 Å². The van der Waals surface area contributed by atoms with Crippen molar-refractivity contribution in [2.24, 2.45) is 0 Å². The number of pyridine rings is 1. The van der Waals surface area contributed by atoms with Gasteiger partial charge in [-0.15, -0.1) is 10.2 Å². The van der Waals surface area contributed by atoms with Gasteiger partial charge in [-0.3, -0.25) is 14.5 Å². The second-order valence-corrected chi connectivity index (χ2v) is 3.91. The quantitative estimate of drug-likeness (QED) is 0.792. The first kappa shape index (κ1) is 12.5. The molecule has 0 amide bonds. The van der Waals surface area contributed by atoms with E-state index >= 15 is 0 Å². The zero-order valence-electron chi connectivity index (χ0n) is 10.5. The van der Waals surface area contributed by atoms with Gasteiger partial charge in [-0.25, -0.2) is 0 Å². The number of aromatic nitrogens is 3. The maximum absolute atomic E-state index is 11.4. The molecule has 0 spiro atoms. The van der Waals surface area contributed by atoms with Gasteiger partial charge in [0.05, 0.1) is 13.7 Å². The molecule has 0 saturated carbocycles. The maximum atomic E-state index is 11.4. The van der Waals surface area contributed by atoms with Gasteiger partial charge in [0, 0.05) is 6.20 Å². The molecule has 0 aliphatic carbocycles. The summed E-state index contributed by atoms with van der Waals surface area (Å²) < 4.78 is 6.60. The van der Waals surface area contributed by atoms with Crippen molar-refractivity contribution in [2.75, 3.05) is 7.11 Å². The van der Waals surface area contributed by atoms with Crippen molar-refractivity contribution in [2.45, 2.75) is 25.9 Å². The summed E-state index contributed by atoms with van der Waals surface area (Å²) in [6.45, 7) is 2.40. The Morgan fingerprint density at radius 2 is 2.33 bits per heavy atom. The highest BCUT2D eigenvalue weighted by atomic mass is 16.5. The predicted molar refractivity (Wildman–Crippen MR) is 65.9 cm³/mol. The molecule has 0 aromatic carbocycles. The Morgan fingerprint density at radius 1 is 1.50 bits per heavy atom. The van der Waals surface area contributed by atoms with E-state index in [-0.39, 0.29) is 12.0 Å². The number of fused-ring (bicyclic) bond motifs is 1. The lowest BCUT2D eigenvalue weighted by Crippen LogP contribution is -2.37. The van der Waals surface area contributed by atoms with Gasteiger partial charge in [-0.2, -0.15) is 0 Å². The summed E-state index contributed by atoms with van der Waals surface area (Å²) in [5.74, 6) is 0.513. The SMILES string of the molecule is CCC(NCc1nnc2ccccn12)C(=O)OC. The summed E-state index contributed by atoms with van der Waals surface area (Å²) in [6.07, 6.45) is 2.56. The Morgan fingerprint density at radius 3 is 3.06 bits per heavy atom. The Hall–Kier alpha value is -1.95. The van der Waals surface area contributed by atoms with Crippen LogP contribution in [0.1, 0.15) is 19.2 Å². The molecule has 96 valence electrons. The van der Waals surface area contributed by atoms with Crippen LogP contribution in [-0.4, -0.2) is 33.7 Å². The molecule has 6 heteroatoms. The second-order valence-electron chi connectivity index (χ2n) is 3.91. The third-order valence-corrected chi connectivity index (χ3v) is 2.78. The first-order valence-electron chi connectivity index (χ1n) is 5.86. The fourth-order valence-electron chi connectivity index (χ4n) is 1.76. The van der Waals surface area contributed by atoms with E-state index < -0.39 is 0 Å². The topological polar surface area (TPSA) is 68.5 Å². The highest BCUT2D eigenvalue weighted by molar-refractivity contribution is 5.75. The maximum Gasteiger partial charge on any atom is 0.322 e. The highest BCUT2D eigenvalue weighted by Gasteiger charge is 2.17. The minimum atomic E-state index is -0.314. The van der Waals surface area contributed by atoms with Crippen LogP contribution in [0.4, 0.5) is 0 Å². The van der Waals surface area contributed by atoms with Crippen LogP contribution in [0, 0.1) is 0 Å². The molecule has 2 heterocycles. The standard InChI is InChI=1S/C12H16N4O2/c1-3-9(12(17)18-2)13-8-11-15-14-10-6-4-5-7-16(10)11/h4-7,9,13H,3,8H2,1-2H3. The van der Waals surface area contributed by atoms with Gasteiger partial charge in [0.1, 0.15) is 6.04 Å². The van der Waals surface area contributed by atoms with E-state index in [1.165, 1.54) is 7.11 Å². The summed E-state index contributed by atoms with van der Waals surface area (Å²) in [7, 11) is 1.39. The van der Waals surface area contributed by atoms with Gasteiger partial charge in [0.2, 0.25) is 0 Å². The van der Waals surface area contributed by atoms with Crippen LogP contribution in [0.25, 0.3) is 5.65 Å². The summed E-state index contributed by atoms with van der Waals surface area (Å²) in [5.41, 5.74) is 0.792. The van der Waals surface area contributed by atoms with Crippen LogP contribution >= 0.6 is 0 Å². The molecular formula is C12H16N4O2. The van der Waals surface area contributed by atoms with Gasteiger partial charge in [0.15, 0.2) is 11.5 Å². The van der Waals surface area contributed by atoms with Gasteiger partial charge >= 0.3 is 5.97 Å². The summed E-state index contributed by atoms with van der Waals surface area (Å²) in [4.78, 5) is 11.4. The summed E-state index contributed by atoms with van der Waals surface area (Å²) in [5, 5.41) is 11.2. The Bertz CT molecular complexity index is 538.